The molecule has 0 saturated heterocycles. The van der Waals surface area contributed by atoms with Gasteiger partial charge < -0.3 is 10.4 Å². The average Bonchev–Trinajstić information content (AvgIpc) is 3.14. The van der Waals surface area contributed by atoms with Crippen molar-refractivity contribution in [2.24, 2.45) is 0 Å². The maximum Gasteiger partial charge on any atom is 0.0618 e. The lowest BCUT2D eigenvalue weighted by Crippen LogP contribution is -2.49. The van der Waals surface area contributed by atoms with Gasteiger partial charge in [-0.2, -0.15) is 0 Å². The molecule has 0 radical (unpaired) electrons. The second kappa shape index (κ2) is 5.64. The highest BCUT2D eigenvalue weighted by atomic mass is 32.2. The molecule has 1 unspecified atom stereocenters. The second-order valence-electron chi connectivity index (χ2n) is 5.70. The standard InChI is InChI=1S/C15H23NOS/c1-11-4-5-12(2)14(8-11)18-10-15(3,9-17)16-13-6-7-13/h4-5,8,13,16-17H,6-7,9-10H2,1-3H3. The van der Waals surface area contributed by atoms with Crippen molar-refractivity contribution in [3.63, 3.8) is 0 Å². The Morgan fingerprint density at radius 2 is 2.11 bits per heavy atom. The van der Waals surface area contributed by atoms with E-state index in [4.69, 9.17) is 0 Å². The number of aryl methyl sites for hydroxylation is 2. The molecule has 2 rings (SSSR count). The second-order valence-corrected chi connectivity index (χ2v) is 6.71. The van der Waals surface area contributed by atoms with Gasteiger partial charge in [-0.25, -0.2) is 0 Å². The first kappa shape index (κ1) is 13.9. The van der Waals surface area contributed by atoms with E-state index in [0.717, 1.165) is 5.75 Å². The van der Waals surface area contributed by atoms with Crippen LogP contribution in [-0.4, -0.2) is 29.0 Å². The Bertz CT molecular complexity index is 417. The van der Waals surface area contributed by atoms with Gasteiger partial charge in [-0.3, -0.25) is 0 Å². The fraction of sp³-hybridized carbons (Fsp3) is 0.600. The Morgan fingerprint density at radius 1 is 1.39 bits per heavy atom. The molecule has 0 heterocycles. The van der Waals surface area contributed by atoms with E-state index in [1.807, 2.05) is 11.8 Å². The first-order valence-corrected chi connectivity index (χ1v) is 7.59. The van der Waals surface area contributed by atoms with Crippen molar-refractivity contribution < 1.29 is 5.11 Å². The zero-order chi connectivity index (χ0) is 13.2. The van der Waals surface area contributed by atoms with Crippen molar-refractivity contribution in [1.82, 2.24) is 5.32 Å². The number of aliphatic hydroxyl groups is 1. The number of hydrogen-bond donors (Lipinski definition) is 2. The van der Waals surface area contributed by atoms with Gasteiger partial charge in [-0.05, 0) is 45.2 Å². The number of rotatable bonds is 6. The molecule has 2 N–H and O–H groups in total. The third-order valence-electron chi connectivity index (χ3n) is 3.37. The summed E-state index contributed by atoms with van der Waals surface area (Å²) < 4.78 is 0. The molecule has 1 saturated carbocycles. The van der Waals surface area contributed by atoms with E-state index in [9.17, 15) is 5.11 Å². The number of benzene rings is 1. The summed E-state index contributed by atoms with van der Waals surface area (Å²) in [6.07, 6.45) is 2.51. The third kappa shape index (κ3) is 3.74. The highest BCUT2D eigenvalue weighted by Crippen LogP contribution is 2.29. The van der Waals surface area contributed by atoms with Crippen molar-refractivity contribution in [3.8, 4) is 0 Å². The molecule has 0 aromatic heterocycles. The van der Waals surface area contributed by atoms with E-state index in [0.29, 0.717) is 6.04 Å². The van der Waals surface area contributed by atoms with Gasteiger partial charge in [0.1, 0.15) is 0 Å². The molecule has 1 aliphatic carbocycles. The molecule has 1 aliphatic rings. The molecule has 0 bridgehead atoms. The fourth-order valence-corrected chi connectivity index (χ4v) is 3.17. The van der Waals surface area contributed by atoms with E-state index in [2.05, 4.69) is 44.3 Å². The van der Waals surface area contributed by atoms with Crippen LogP contribution >= 0.6 is 11.8 Å². The zero-order valence-electron chi connectivity index (χ0n) is 11.5. The summed E-state index contributed by atoms with van der Waals surface area (Å²) in [4.78, 5) is 1.33. The van der Waals surface area contributed by atoms with Gasteiger partial charge in [0.05, 0.1) is 6.61 Å². The van der Waals surface area contributed by atoms with Crippen molar-refractivity contribution in [1.29, 1.82) is 0 Å². The van der Waals surface area contributed by atoms with Crippen LogP contribution in [0.4, 0.5) is 0 Å². The summed E-state index contributed by atoms with van der Waals surface area (Å²) in [5, 5.41) is 13.1. The molecule has 100 valence electrons. The zero-order valence-corrected chi connectivity index (χ0v) is 12.3. The fourth-order valence-electron chi connectivity index (χ4n) is 1.95. The predicted octanol–water partition coefficient (Wildman–Crippen LogP) is 2.90. The van der Waals surface area contributed by atoms with Crippen LogP contribution in [-0.2, 0) is 0 Å². The Morgan fingerprint density at radius 3 is 2.72 bits per heavy atom. The minimum absolute atomic E-state index is 0.165. The summed E-state index contributed by atoms with van der Waals surface area (Å²) in [5.74, 6) is 0.907. The summed E-state index contributed by atoms with van der Waals surface area (Å²) in [7, 11) is 0. The van der Waals surface area contributed by atoms with Crippen LogP contribution in [0.5, 0.6) is 0 Å². The smallest absolute Gasteiger partial charge is 0.0618 e. The number of thioether (sulfide) groups is 1. The lowest BCUT2D eigenvalue weighted by Gasteiger charge is -2.29. The maximum absolute atomic E-state index is 9.59. The Hall–Kier alpha value is -0.510. The van der Waals surface area contributed by atoms with E-state index in [1.54, 1.807) is 0 Å². The van der Waals surface area contributed by atoms with Crippen LogP contribution in [0, 0.1) is 13.8 Å². The van der Waals surface area contributed by atoms with Gasteiger partial charge in [0, 0.05) is 22.2 Å². The van der Waals surface area contributed by atoms with Crippen LogP contribution in [0.15, 0.2) is 23.1 Å². The molecule has 0 aliphatic heterocycles. The quantitative estimate of drug-likeness (QED) is 0.776. The molecule has 1 atom stereocenters. The van der Waals surface area contributed by atoms with E-state index < -0.39 is 0 Å². The lowest BCUT2D eigenvalue weighted by atomic mass is 10.1. The molecular weight excluding hydrogens is 242 g/mol. The SMILES string of the molecule is Cc1ccc(C)c(SCC(C)(CO)NC2CC2)c1. The van der Waals surface area contributed by atoms with Gasteiger partial charge in [-0.1, -0.05) is 17.7 Å². The summed E-state index contributed by atoms with van der Waals surface area (Å²) >= 11 is 1.84. The van der Waals surface area contributed by atoms with Crippen LogP contribution in [0.1, 0.15) is 30.9 Å². The van der Waals surface area contributed by atoms with Crippen molar-refractivity contribution >= 4 is 11.8 Å². The van der Waals surface area contributed by atoms with Crippen LogP contribution in [0.2, 0.25) is 0 Å². The molecule has 3 heteroatoms. The Kier molecular flexibility index (Phi) is 4.36. The minimum Gasteiger partial charge on any atom is -0.394 e. The summed E-state index contributed by atoms with van der Waals surface area (Å²) in [6, 6.07) is 7.17. The van der Waals surface area contributed by atoms with Crippen molar-refractivity contribution in [3.05, 3.63) is 29.3 Å². The monoisotopic (exact) mass is 265 g/mol. The van der Waals surface area contributed by atoms with Crippen LogP contribution in [0.3, 0.4) is 0 Å². The first-order valence-electron chi connectivity index (χ1n) is 6.61. The molecule has 18 heavy (non-hydrogen) atoms. The molecule has 1 aromatic rings. The van der Waals surface area contributed by atoms with Gasteiger partial charge in [0.25, 0.3) is 0 Å². The highest BCUT2D eigenvalue weighted by molar-refractivity contribution is 7.99. The van der Waals surface area contributed by atoms with Crippen LogP contribution < -0.4 is 5.32 Å². The topological polar surface area (TPSA) is 32.3 Å². The Labute approximate surface area is 114 Å². The summed E-state index contributed by atoms with van der Waals surface area (Å²) in [6.45, 7) is 6.58. The molecule has 1 aromatic carbocycles. The number of nitrogens with one attached hydrogen (secondary N) is 1. The summed E-state index contributed by atoms with van der Waals surface area (Å²) in [5.41, 5.74) is 2.45. The molecule has 0 spiro atoms. The lowest BCUT2D eigenvalue weighted by molar-refractivity contribution is 0.190. The van der Waals surface area contributed by atoms with E-state index >= 15 is 0 Å². The third-order valence-corrected chi connectivity index (χ3v) is 4.90. The Balaban J connectivity index is 1.97. The van der Waals surface area contributed by atoms with Gasteiger partial charge in [-0.15, -0.1) is 11.8 Å². The van der Waals surface area contributed by atoms with E-state index in [1.165, 1.54) is 28.9 Å². The first-order chi connectivity index (χ1) is 8.52. The van der Waals surface area contributed by atoms with Gasteiger partial charge in [0.2, 0.25) is 0 Å². The normalized spacial score (nSPS) is 18.7. The maximum atomic E-state index is 9.59. The molecular formula is C15H23NOS. The van der Waals surface area contributed by atoms with Crippen LogP contribution in [0.25, 0.3) is 0 Å². The van der Waals surface area contributed by atoms with Gasteiger partial charge >= 0.3 is 0 Å². The van der Waals surface area contributed by atoms with Crippen molar-refractivity contribution in [2.45, 2.75) is 50.1 Å². The number of aliphatic hydroxyl groups excluding tert-OH is 1. The average molecular weight is 265 g/mol. The minimum atomic E-state index is -0.165. The van der Waals surface area contributed by atoms with Gasteiger partial charge in [0.15, 0.2) is 0 Å². The number of hydrogen-bond acceptors (Lipinski definition) is 3. The molecule has 2 nitrogen and oxygen atoms in total. The molecule has 1 fully saturated rings. The van der Waals surface area contributed by atoms with Crippen molar-refractivity contribution in [2.75, 3.05) is 12.4 Å². The highest BCUT2D eigenvalue weighted by Gasteiger charge is 2.32. The molecule has 0 amide bonds. The van der Waals surface area contributed by atoms with E-state index in [-0.39, 0.29) is 12.1 Å². The largest absolute Gasteiger partial charge is 0.394 e. The predicted molar refractivity (Wildman–Crippen MR) is 78.3 cm³/mol.